The Labute approximate surface area is 192 Å². The molecular weight excluding hydrogens is 451 g/mol. The number of hydrogen-bond acceptors (Lipinski definition) is 5. The second-order valence-corrected chi connectivity index (χ2v) is 8.16. The van der Waals surface area contributed by atoms with E-state index in [4.69, 9.17) is 4.42 Å². The molecule has 0 fully saturated rings. The Balaban J connectivity index is 1.53. The van der Waals surface area contributed by atoms with Gasteiger partial charge in [0.05, 0.1) is 12.0 Å². The lowest BCUT2D eigenvalue weighted by Gasteiger charge is -2.16. The van der Waals surface area contributed by atoms with Crippen molar-refractivity contribution in [3.63, 3.8) is 0 Å². The summed E-state index contributed by atoms with van der Waals surface area (Å²) in [5, 5.41) is 10.0. The van der Waals surface area contributed by atoms with E-state index in [1.807, 2.05) is 30.3 Å². The van der Waals surface area contributed by atoms with Crippen LogP contribution in [0.15, 0.2) is 94.6 Å². The molecule has 0 saturated carbocycles. The van der Waals surface area contributed by atoms with Gasteiger partial charge in [-0.25, -0.2) is 0 Å². The molecule has 4 aromatic rings. The minimum Gasteiger partial charge on any atom is -0.416 e. The van der Waals surface area contributed by atoms with Crippen molar-refractivity contribution >= 4 is 23.4 Å². The largest absolute Gasteiger partial charge is 0.416 e. The lowest BCUT2D eigenvalue weighted by atomic mass is 10.1. The minimum absolute atomic E-state index is 0.0478. The quantitative estimate of drug-likeness (QED) is 0.329. The number of anilines is 1. The van der Waals surface area contributed by atoms with Crippen molar-refractivity contribution in [1.82, 2.24) is 10.2 Å². The van der Waals surface area contributed by atoms with Crippen LogP contribution >= 0.6 is 11.8 Å². The predicted octanol–water partition coefficient (Wildman–Crippen LogP) is 6.15. The first-order valence-corrected chi connectivity index (χ1v) is 10.8. The van der Waals surface area contributed by atoms with Crippen LogP contribution in [0.2, 0.25) is 0 Å². The summed E-state index contributed by atoms with van der Waals surface area (Å²) in [6, 6.07) is 23.0. The molecule has 0 aliphatic heterocycles. The van der Waals surface area contributed by atoms with E-state index >= 15 is 0 Å². The van der Waals surface area contributed by atoms with E-state index in [-0.39, 0.29) is 10.9 Å². The summed E-state index contributed by atoms with van der Waals surface area (Å²) in [6.45, 7) is 0. The fraction of sp³-hybridized carbons (Fsp3) is 0.125. The fourth-order valence-electron chi connectivity index (χ4n) is 3.11. The van der Waals surface area contributed by atoms with Gasteiger partial charge in [0.15, 0.2) is 0 Å². The number of benzene rings is 3. The number of amides is 1. The molecule has 33 heavy (non-hydrogen) atoms. The second kappa shape index (κ2) is 9.91. The van der Waals surface area contributed by atoms with Gasteiger partial charge in [-0.15, -0.1) is 10.2 Å². The first kappa shape index (κ1) is 22.6. The van der Waals surface area contributed by atoms with Gasteiger partial charge in [0.25, 0.3) is 5.22 Å². The maximum absolute atomic E-state index is 13.1. The van der Waals surface area contributed by atoms with E-state index < -0.39 is 22.9 Å². The van der Waals surface area contributed by atoms with E-state index in [0.29, 0.717) is 17.9 Å². The summed E-state index contributed by atoms with van der Waals surface area (Å²) in [4.78, 5) is 13.1. The molecule has 168 valence electrons. The minimum atomic E-state index is -4.51. The zero-order valence-corrected chi connectivity index (χ0v) is 17.9. The van der Waals surface area contributed by atoms with Crippen molar-refractivity contribution in [1.29, 1.82) is 0 Å². The molecule has 1 amide bonds. The molecule has 4 rings (SSSR count). The second-order valence-electron chi connectivity index (χ2n) is 7.10. The average molecular weight is 469 g/mol. The van der Waals surface area contributed by atoms with Crippen LogP contribution in [-0.4, -0.2) is 16.1 Å². The first-order chi connectivity index (χ1) is 15.9. The van der Waals surface area contributed by atoms with Gasteiger partial charge < -0.3 is 9.73 Å². The Morgan fingerprint density at radius 3 is 2.33 bits per heavy atom. The number of hydrogen-bond donors (Lipinski definition) is 1. The van der Waals surface area contributed by atoms with Gasteiger partial charge >= 0.3 is 6.18 Å². The van der Waals surface area contributed by atoms with Gasteiger partial charge in [0, 0.05) is 5.69 Å². The summed E-state index contributed by atoms with van der Waals surface area (Å²) in [5.74, 6) is -0.109. The van der Waals surface area contributed by atoms with Crippen molar-refractivity contribution in [3.05, 3.63) is 108 Å². The zero-order chi connectivity index (χ0) is 23.3. The standard InChI is InChI=1S/C24H18F3N3O2S/c25-24(26,27)18-12-7-13-19(15-18)28-22(31)21(17-10-5-2-6-11-17)33-23-30-29-20(32-23)14-16-8-3-1-4-9-16/h1-13,15,21H,14H2,(H,28,31)/t21-/m0/s1. The van der Waals surface area contributed by atoms with Crippen LogP contribution in [0.5, 0.6) is 0 Å². The molecule has 0 spiro atoms. The van der Waals surface area contributed by atoms with Gasteiger partial charge in [0.2, 0.25) is 11.8 Å². The van der Waals surface area contributed by atoms with Crippen LogP contribution in [-0.2, 0) is 17.4 Å². The number of nitrogens with one attached hydrogen (secondary N) is 1. The van der Waals surface area contributed by atoms with E-state index in [1.165, 1.54) is 12.1 Å². The summed E-state index contributed by atoms with van der Waals surface area (Å²) in [6.07, 6.45) is -4.06. The lowest BCUT2D eigenvalue weighted by molar-refractivity contribution is -0.137. The number of thioether (sulfide) groups is 1. The highest BCUT2D eigenvalue weighted by Gasteiger charge is 2.31. The van der Waals surface area contributed by atoms with E-state index in [1.54, 1.807) is 30.3 Å². The lowest BCUT2D eigenvalue weighted by Crippen LogP contribution is -2.19. The highest BCUT2D eigenvalue weighted by atomic mass is 32.2. The summed E-state index contributed by atoms with van der Waals surface area (Å²) < 4.78 is 44.8. The predicted molar refractivity (Wildman–Crippen MR) is 119 cm³/mol. The van der Waals surface area contributed by atoms with Crippen LogP contribution in [0.1, 0.15) is 27.8 Å². The molecule has 1 N–H and O–H groups in total. The SMILES string of the molecule is O=C(Nc1cccc(C(F)(F)F)c1)[C@@H](Sc1nnc(Cc2ccccc2)o1)c1ccccc1. The third-order valence-corrected chi connectivity index (χ3v) is 5.75. The molecule has 0 unspecified atom stereocenters. The van der Waals surface area contributed by atoms with Gasteiger partial charge in [-0.3, -0.25) is 4.79 Å². The van der Waals surface area contributed by atoms with Crippen LogP contribution < -0.4 is 5.32 Å². The maximum atomic E-state index is 13.1. The van der Waals surface area contributed by atoms with Crippen molar-refractivity contribution in [2.75, 3.05) is 5.32 Å². The number of carbonyl (C=O) groups excluding carboxylic acids is 1. The third-order valence-electron chi connectivity index (χ3n) is 4.66. The molecule has 0 bridgehead atoms. The molecule has 5 nitrogen and oxygen atoms in total. The van der Waals surface area contributed by atoms with E-state index in [2.05, 4.69) is 15.5 Å². The van der Waals surface area contributed by atoms with Crippen molar-refractivity contribution < 1.29 is 22.4 Å². The summed E-state index contributed by atoms with van der Waals surface area (Å²) in [7, 11) is 0. The fourth-order valence-corrected chi connectivity index (χ4v) is 4.00. The molecule has 0 radical (unpaired) electrons. The molecule has 9 heteroatoms. The molecule has 0 aliphatic rings. The number of halogens is 3. The Bertz CT molecular complexity index is 1210. The Morgan fingerprint density at radius 1 is 0.939 bits per heavy atom. The summed E-state index contributed by atoms with van der Waals surface area (Å²) >= 11 is 1.04. The smallest absolute Gasteiger partial charge is 0.416 e. The molecule has 0 aliphatic carbocycles. The van der Waals surface area contributed by atoms with Gasteiger partial charge in [-0.2, -0.15) is 13.2 Å². The Kier molecular flexibility index (Phi) is 6.79. The maximum Gasteiger partial charge on any atom is 0.416 e. The van der Waals surface area contributed by atoms with Gasteiger partial charge in [0.1, 0.15) is 5.25 Å². The van der Waals surface area contributed by atoms with Gasteiger partial charge in [-0.05, 0) is 41.1 Å². The molecule has 1 atom stereocenters. The normalized spacial score (nSPS) is 12.3. The van der Waals surface area contributed by atoms with Gasteiger partial charge in [-0.1, -0.05) is 66.7 Å². The summed E-state index contributed by atoms with van der Waals surface area (Å²) in [5.41, 5.74) is 0.854. The number of carbonyl (C=O) groups is 1. The molecule has 1 aromatic heterocycles. The molecular formula is C24H18F3N3O2S. The first-order valence-electron chi connectivity index (χ1n) is 9.94. The monoisotopic (exact) mass is 469 g/mol. The van der Waals surface area contributed by atoms with Crippen LogP contribution in [0, 0.1) is 0 Å². The van der Waals surface area contributed by atoms with Crippen LogP contribution in [0.4, 0.5) is 18.9 Å². The number of nitrogens with zero attached hydrogens (tertiary/aromatic N) is 2. The van der Waals surface area contributed by atoms with Crippen molar-refractivity contribution in [2.24, 2.45) is 0 Å². The average Bonchev–Trinajstić information content (AvgIpc) is 3.25. The zero-order valence-electron chi connectivity index (χ0n) is 17.1. The molecule has 1 heterocycles. The van der Waals surface area contributed by atoms with Crippen molar-refractivity contribution in [3.8, 4) is 0 Å². The third kappa shape index (κ3) is 6.01. The molecule has 3 aromatic carbocycles. The Morgan fingerprint density at radius 2 is 1.64 bits per heavy atom. The highest BCUT2D eigenvalue weighted by molar-refractivity contribution is 8.00. The topological polar surface area (TPSA) is 68.0 Å². The molecule has 0 saturated heterocycles. The highest BCUT2D eigenvalue weighted by Crippen LogP contribution is 2.36. The number of alkyl halides is 3. The number of aromatic nitrogens is 2. The number of rotatable bonds is 7. The Hall–Kier alpha value is -3.59. The van der Waals surface area contributed by atoms with Crippen LogP contribution in [0.25, 0.3) is 0 Å². The van der Waals surface area contributed by atoms with E-state index in [9.17, 15) is 18.0 Å². The van der Waals surface area contributed by atoms with Crippen molar-refractivity contribution in [2.45, 2.75) is 23.1 Å². The van der Waals surface area contributed by atoms with Crippen LogP contribution in [0.3, 0.4) is 0 Å². The van der Waals surface area contributed by atoms with E-state index in [0.717, 1.165) is 29.5 Å².